The van der Waals surface area contributed by atoms with Crippen molar-refractivity contribution in [2.75, 3.05) is 4.90 Å². The molecule has 0 saturated carbocycles. The molecule has 0 spiro atoms. The van der Waals surface area contributed by atoms with E-state index >= 15 is 0 Å². The van der Waals surface area contributed by atoms with Gasteiger partial charge in [0, 0.05) is 17.1 Å². The van der Waals surface area contributed by atoms with Crippen LogP contribution in [0.5, 0.6) is 0 Å². The first kappa shape index (κ1) is 30.8. The molecule has 0 aliphatic heterocycles. The van der Waals surface area contributed by atoms with Crippen molar-refractivity contribution in [1.82, 2.24) is 0 Å². The number of para-hydroxylation sites is 2. The van der Waals surface area contributed by atoms with Crippen LogP contribution in [-0.2, 0) is 0 Å². The highest BCUT2D eigenvalue weighted by atomic mass is 15.1. The van der Waals surface area contributed by atoms with Gasteiger partial charge in [0.2, 0.25) is 0 Å². The Kier molecular flexibility index (Phi) is 7.55. The molecule has 0 atom stereocenters. The third kappa shape index (κ3) is 5.89. The predicted octanol–water partition coefficient (Wildman–Crippen LogP) is 14.8. The summed E-state index contributed by atoms with van der Waals surface area (Å²) >= 11 is 0. The molecule has 10 rings (SSSR count). The largest absolute Gasteiger partial charge is 0.311 e. The fourth-order valence-corrected chi connectivity index (χ4v) is 7.74. The van der Waals surface area contributed by atoms with Gasteiger partial charge in [0.15, 0.2) is 0 Å². The lowest BCUT2D eigenvalue weighted by atomic mass is 9.94. The van der Waals surface area contributed by atoms with Gasteiger partial charge in [-0.3, -0.25) is 0 Å². The Morgan fingerprint density at radius 1 is 0.189 bits per heavy atom. The second-order valence-electron chi connectivity index (χ2n) is 13.9. The molecule has 0 saturated heterocycles. The average molecular weight is 674 g/mol. The van der Waals surface area contributed by atoms with Crippen LogP contribution in [0.3, 0.4) is 0 Å². The van der Waals surface area contributed by atoms with Crippen LogP contribution >= 0.6 is 0 Å². The van der Waals surface area contributed by atoms with Crippen LogP contribution in [0.2, 0.25) is 0 Å². The molecule has 0 heterocycles. The molecule has 0 N–H and O–H groups in total. The number of benzene rings is 10. The molecule has 1 heteroatoms. The number of anilines is 3. The van der Waals surface area contributed by atoms with Gasteiger partial charge in [-0.15, -0.1) is 0 Å². The normalized spacial score (nSPS) is 11.4. The average Bonchev–Trinajstić information content (AvgIpc) is 3.23. The summed E-state index contributed by atoms with van der Waals surface area (Å²) < 4.78 is 0. The van der Waals surface area contributed by atoms with E-state index in [0.717, 1.165) is 17.1 Å². The lowest BCUT2D eigenvalue weighted by Gasteiger charge is -2.25. The highest BCUT2D eigenvalue weighted by Gasteiger charge is 2.12. The van der Waals surface area contributed by atoms with E-state index in [9.17, 15) is 0 Å². The highest BCUT2D eigenvalue weighted by Crippen LogP contribution is 2.37. The molecule has 0 amide bonds. The van der Waals surface area contributed by atoms with Gasteiger partial charge in [-0.2, -0.15) is 0 Å². The van der Waals surface area contributed by atoms with E-state index < -0.39 is 0 Å². The lowest BCUT2D eigenvalue weighted by molar-refractivity contribution is 1.28. The standard InChI is InChI=1S/C52H35N/c1-3-11-50(12-4-1)53(51-13-5-2-6-14-51)52-27-25-37(26-28-52)36-15-17-38(18-16-36)41-19-22-45-35-49-33-43(21-24-46(49)34-48(45)31-41)42-20-23-44-29-39-9-7-8-10-40(39)30-47(44)32-42/h1-35H. The Hall–Kier alpha value is -6.96. The summed E-state index contributed by atoms with van der Waals surface area (Å²) in [5.74, 6) is 0. The van der Waals surface area contributed by atoms with Crippen molar-refractivity contribution >= 4 is 60.2 Å². The first-order chi connectivity index (χ1) is 26.2. The van der Waals surface area contributed by atoms with Crippen molar-refractivity contribution in [3.05, 3.63) is 212 Å². The maximum Gasteiger partial charge on any atom is 0.0462 e. The van der Waals surface area contributed by atoms with Crippen LogP contribution in [0.1, 0.15) is 0 Å². The van der Waals surface area contributed by atoms with E-state index in [4.69, 9.17) is 0 Å². The van der Waals surface area contributed by atoms with Crippen LogP contribution < -0.4 is 4.90 Å². The Balaban J connectivity index is 0.910. The van der Waals surface area contributed by atoms with Gasteiger partial charge in [-0.05, 0) is 155 Å². The summed E-state index contributed by atoms with van der Waals surface area (Å²) in [6, 6.07) is 77.2. The molecule has 0 bridgehead atoms. The van der Waals surface area contributed by atoms with Crippen molar-refractivity contribution in [3.8, 4) is 33.4 Å². The smallest absolute Gasteiger partial charge is 0.0462 e. The molecule has 10 aromatic rings. The molecule has 10 aromatic carbocycles. The van der Waals surface area contributed by atoms with E-state index in [0.29, 0.717) is 0 Å². The first-order valence-corrected chi connectivity index (χ1v) is 18.2. The fourth-order valence-electron chi connectivity index (χ4n) is 7.74. The molecular weight excluding hydrogens is 639 g/mol. The molecule has 0 aromatic heterocycles. The van der Waals surface area contributed by atoms with E-state index in [1.165, 1.54) is 76.5 Å². The van der Waals surface area contributed by atoms with Crippen molar-refractivity contribution in [3.63, 3.8) is 0 Å². The third-order valence-corrected chi connectivity index (χ3v) is 10.5. The van der Waals surface area contributed by atoms with Crippen LogP contribution in [-0.4, -0.2) is 0 Å². The number of fused-ring (bicyclic) bond motifs is 4. The Morgan fingerprint density at radius 3 is 0.906 bits per heavy atom. The van der Waals surface area contributed by atoms with Gasteiger partial charge >= 0.3 is 0 Å². The summed E-state index contributed by atoms with van der Waals surface area (Å²) in [5.41, 5.74) is 10.7. The molecule has 0 unspecified atom stereocenters. The second kappa shape index (κ2) is 13.0. The zero-order valence-electron chi connectivity index (χ0n) is 29.2. The summed E-state index contributed by atoms with van der Waals surface area (Å²) in [6.45, 7) is 0. The molecule has 0 fully saturated rings. The van der Waals surface area contributed by atoms with Crippen LogP contribution in [0.15, 0.2) is 212 Å². The number of rotatable bonds is 6. The van der Waals surface area contributed by atoms with Gasteiger partial charge in [-0.1, -0.05) is 133 Å². The maximum atomic E-state index is 2.33. The van der Waals surface area contributed by atoms with Gasteiger partial charge in [0.1, 0.15) is 0 Å². The quantitative estimate of drug-likeness (QED) is 0.159. The lowest BCUT2D eigenvalue weighted by Crippen LogP contribution is -2.09. The van der Waals surface area contributed by atoms with Gasteiger partial charge in [-0.25, -0.2) is 0 Å². The molecule has 0 radical (unpaired) electrons. The summed E-state index contributed by atoms with van der Waals surface area (Å²) in [4.78, 5) is 2.29. The minimum atomic E-state index is 1.13. The third-order valence-electron chi connectivity index (χ3n) is 10.5. The Bertz CT molecular complexity index is 2870. The van der Waals surface area contributed by atoms with Gasteiger partial charge in [0.25, 0.3) is 0 Å². The van der Waals surface area contributed by atoms with Crippen LogP contribution in [0.25, 0.3) is 76.5 Å². The molecule has 53 heavy (non-hydrogen) atoms. The monoisotopic (exact) mass is 673 g/mol. The van der Waals surface area contributed by atoms with Crippen molar-refractivity contribution < 1.29 is 0 Å². The molecular formula is C52H35N. The number of hydrogen-bond acceptors (Lipinski definition) is 1. The van der Waals surface area contributed by atoms with E-state index in [2.05, 4.69) is 217 Å². The van der Waals surface area contributed by atoms with E-state index in [1.807, 2.05) is 0 Å². The summed E-state index contributed by atoms with van der Waals surface area (Å²) in [7, 11) is 0. The molecule has 0 aliphatic carbocycles. The summed E-state index contributed by atoms with van der Waals surface area (Å²) in [5, 5.41) is 10.1. The summed E-state index contributed by atoms with van der Waals surface area (Å²) in [6.07, 6.45) is 0. The van der Waals surface area contributed by atoms with Gasteiger partial charge < -0.3 is 4.90 Å². The molecule has 248 valence electrons. The predicted molar refractivity (Wildman–Crippen MR) is 227 cm³/mol. The Labute approximate surface area is 309 Å². The minimum Gasteiger partial charge on any atom is -0.311 e. The Morgan fingerprint density at radius 2 is 0.472 bits per heavy atom. The van der Waals surface area contributed by atoms with E-state index in [1.54, 1.807) is 0 Å². The first-order valence-electron chi connectivity index (χ1n) is 18.2. The topological polar surface area (TPSA) is 3.24 Å². The zero-order valence-corrected chi connectivity index (χ0v) is 29.2. The molecule has 0 aliphatic rings. The van der Waals surface area contributed by atoms with Crippen molar-refractivity contribution in [1.29, 1.82) is 0 Å². The number of hydrogen-bond donors (Lipinski definition) is 0. The van der Waals surface area contributed by atoms with Crippen molar-refractivity contribution in [2.24, 2.45) is 0 Å². The van der Waals surface area contributed by atoms with Crippen LogP contribution in [0, 0.1) is 0 Å². The maximum absolute atomic E-state index is 2.33. The zero-order chi connectivity index (χ0) is 35.1. The van der Waals surface area contributed by atoms with Gasteiger partial charge in [0.05, 0.1) is 0 Å². The van der Waals surface area contributed by atoms with Crippen LogP contribution in [0.4, 0.5) is 17.1 Å². The highest BCUT2D eigenvalue weighted by molar-refractivity contribution is 6.03. The number of nitrogens with zero attached hydrogens (tertiary/aromatic N) is 1. The minimum absolute atomic E-state index is 1.13. The fraction of sp³-hybridized carbons (Fsp3) is 0. The SMILES string of the molecule is c1ccc(N(c2ccccc2)c2ccc(-c3ccc(-c4ccc5cc6cc(-c7ccc8cc9ccccc9cc8c7)ccc6cc5c4)cc3)cc2)cc1. The van der Waals surface area contributed by atoms with Crippen molar-refractivity contribution in [2.45, 2.75) is 0 Å². The molecule has 1 nitrogen and oxygen atoms in total. The van der Waals surface area contributed by atoms with E-state index in [-0.39, 0.29) is 0 Å². The second-order valence-corrected chi connectivity index (χ2v) is 13.9.